The highest BCUT2D eigenvalue weighted by molar-refractivity contribution is 6.03. The van der Waals surface area contributed by atoms with E-state index < -0.39 is 0 Å². The number of aromatic nitrogens is 3. The van der Waals surface area contributed by atoms with Crippen molar-refractivity contribution in [3.8, 4) is 0 Å². The third-order valence-corrected chi connectivity index (χ3v) is 5.54. The molecular weight excluding hydrogens is 390 g/mol. The summed E-state index contributed by atoms with van der Waals surface area (Å²) in [5.41, 5.74) is 7.93. The minimum absolute atomic E-state index is 0.532. The Morgan fingerprint density at radius 2 is 2.06 bits per heavy atom. The fourth-order valence-corrected chi connectivity index (χ4v) is 3.95. The highest BCUT2D eigenvalue weighted by Gasteiger charge is 2.21. The summed E-state index contributed by atoms with van der Waals surface area (Å²) in [7, 11) is 1.53. The van der Waals surface area contributed by atoms with Crippen LogP contribution >= 0.6 is 0 Å². The van der Waals surface area contributed by atoms with Gasteiger partial charge in [0.15, 0.2) is 0 Å². The molecule has 3 aromatic heterocycles. The summed E-state index contributed by atoms with van der Waals surface area (Å²) in [6.45, 7) is 4.57. The molecular formula is C24H27N5O2. The van der Waals surface area contributed by atoms with Crippen molar-refractivity contribution in [2.75, 3.05) is 13.7 Å². The molecule has 0 bridgehead atoms. The number of hydrogen-bond donors (Lipinski definition) is 0. The molecule has 0 spiro atoms. The number of nitrogens with zero attached hydrogens (tertiary/aromatic N) is 5. The van der Waals surface area contributed by atoms with Gasteiger partial charge in [-0.25, -0.2) is 4.98 Å². The SMILES string of the molecule is CO/N=C(\C)c1cccc(CCCO/N=C2\CCCc3c2nc2cnccc2c3C)n1. The fraction of sp³-hybridized carbons (Fsp3) is 0.375. The van der Waals surface area contributed by atoms with Crippen LogP contribution in [-0.4, -0.2) is 40.1 Å². The highest BCUT2D eigenvalue weighted by atomic mass is 16.6. The van der Waals surface area contributed by atoms with Crippen LogP contribution in [0.1, 0.15) is 54.4 Å². The molecule has 0 radical (unpaired) electrons. The smallest absolute Gasteiger partial charge is 0.117 e. The first-order chi connectivity index (χ1) is 15.2. The number of oxime groups is 2. The number of aryl methyl sites for hydroxylation is 2. The molecule has 4 rings (SSSR count). The maximum atomic E-state index is 5.68. The van der Waals surface area contributed by atoms with Gasteiger partial charge in [-0.15, -0.1) is 0 Å². The lowest BCUT2D eigenvalue weighted by atomic mass is 9.89. The van der Waals surface area contributed by atoms with Gasteiger partial charge in [0.1, 0.15) is 25.1 Å². The molecule has 7 nitrogen and oxygen atoms in total. The maximum Gasteiger partial charge on any atom is 0.117 e. The van der Waals surface area contributed by atoms with E-state index in [0.717, 1.165) is 71.5 Å². The molecule has 160 valence electrons. The summed E-state index contributed by atoms with van der Waals surface area (Å²) in [6.07, 6.45) is 8.24. The van der Waals surface area contributed by atoms with Gasteiger partial charge in [-0.2, -0.15) is 0 Å². The van der Waals surface area contributed by atoms with Gasteiger partial charge in [0, 0.05) is 17.3 Å². The van der Waals surface area contributed by atoms with E-state index in [1.807, 2.05) is 43.6 Å². The zero-order valence-electron chi connectivity index (χ0n) is 18.3. The monoisotopic (exact) mass is 417 g/mol. The molecule has 0 amide bonds. The zero-order chi connectivity index (χ0) is 21.6. The van der Waals surface area contributed by atoms with Crippen molar-refractivity contribution in [3.63, 3.8) is 0 Å². The first-order valence-electron chi connectivity index (χ1n) is 10.6. The number of rotatable bonds is 7. The van der Waals surface area contributed by atoms with Crippen molar-refractivity contribution in [2.24, 2.45) is 10.3 Å². The van der Waals surface area contributed by atoms with Crippen LogP contribution in [0.2, 0.25) is 0 Å². The zero-order valence-corrected chi connectivity index (χ0v) is 18.3. The Morgan fingerprint density at radius 3 is 2.94 bits per heavy atom. The quantitative estimate of drug-likeness (QED) is 0.323. The molecule has 0 fully saturated rings. The van der Waals surface area contributed by atoms with E-state index in [9.17, 15) is 0 Å². The molecule has 0 aliphatic heterocycles. The molecule has 0 atom stereocenters. The van der Waals surface area contributed by atoms with Gasteiger partial charge in [0.25, 0.3) is 0 Å². The van der Waals surface area contributed by atoms with Crippen molar-refractivity contribution < 1.29 is 9.68 Å². The molecule has 3 heterocycles. The Morgan fingerprint density at radius 1 is 1.16 bits per heavy atom. The van der Waals surface area contributed by atoms with Crippen LogP contribution < -0.4 is 0 Å². The van der Waals surface area contributed by atoms with Gasteiger partial charge in [0.05, 0.1) is 23.1 Å². The van der Waals surface area contributed by atoms with Crippen molar-refractivity contribution in [1.82, 2.24) is 15.0 Å². The van der Waals surface area contributed by atoms with E-state index in [1.165, 1.54) is 18.2 Å². The summed E-state index contributed by atoms with van der Waals surface area (Å²) in [4.78, 5) is 24.2. The summed E-state index contributed by atoms with van der Waals surface area (Å²) in [5, 5.41) is 9.56. The normalized spacial score (nSPS) is 15.2. The Kier molecular flexibility index (Phi) is 6.50. The second-order valence-corrected chi connectivity index (χ2v) is 7.66. The molecule has 0 aromatic carbocycles. The molecule has 31 heavy (non-hydrogen) atoms. The molecule has 0 N–H and O–H groups in total. The second-order valence-electron chi connectivity index (χ2n) is 7.66. The number of fused-ring (bicyclic) bond motifs is 2. The van der Waals surface area contributed by atoms with Crippen LogP contribution in [0.25, 0.3) is 10.9 Å². The summed E-state index contributed by atoms with van der Waals surface area (Å²) in [6, 6.07) is 7.96. The molecule has 7 heteroatoms. The second kappa shape index (κ2) is 9.64. The van der Waals surface area contributed by atoms with Crippen LogP contribution in [0.15, 0.2) is 47.0 Å². The molecule has 0 saturated heterocycles. The average Bonchev–Trinajstić information content (AvgIpc) is 2.80. The van der Waals surface area contributed by atoms with E-state index in [1.54, 1.807) is 0 Å². The Balaban J connectivity index is 1.40. The van der Waals surface area contributed by atoms with Gasteiger partial charge >= 0.3 is 0 Å². The molecule has 1 aliphatic rings. The minimum Gasteiger partial charge on any atom is -0.399 e. The molecule has 0 saturated carbocycles. The van der Waals surface area contributed by atoms with Gasteiger partial charge < -0.3 is 9.68 Å². The van der Waals surface area contributed by atoms with Crippen molar-refractivity contribution in [3.05, 3.63) is 64.9 Å². The summed E-state index contributed by atoms with van der Waals surface area (Å²) >= 11 is 0. The standard InChI is InChI=1S/C24H27N5O2/c1-16-19-12-13-25-15-23(19)27-24-20(16)9-5-11-22(24)29-31-14-6-8-18-7-4-10-21(26-18)17(2)28-30-3/h4,7,10,12-13,15H,5-6,8-9,11,14H2,1-3H3/b28-17+,29-22+. The average molecular weight is 418 g/mol. The van der Waals surface area contributed by atoms with Crippen LogP contribution in [0.5, 0.6) is 0 Å². The van der Waals surface area contributed by atoms with Crippen molar-refractivity contribution in [2.45, 2.75) is 46.0 Å². The van der Waals surface area contributed by atoms with Gasteiger partial charge in [0.2, 0.25) is 0 Å². The first-order valence-corrected chi connectivity index (χ1v) is 10.6. The van der Waals surface area contributed by atoms with E-state index in [4.69, 9.17) is 14.7 Å². The number of pyridine rings is 3. The lowest BCUT2D eigenvalue weighted by Crippen LogP contribution is -2.16. The molecule has 1 aliphatic carbocycles. The highest BCUT2D eigenvalue weighted by Crippen LogP contribution is 2.28. The van der Waals surface area contributed by atoms with E-state index in [2.05, 4.69) is 27.2 Å². The van der Waals surface area contributed by atoms with Crippen molar-refractivity contribution >= 4 is 22.3 Å². The molecule has 3 aromatic rings. The first kappa shape index (κ1) is 20.9. The lowest BCUT2D eigenvalue weighted by molar-refractivity contribution is 0.141. The fourth-order valence-electron chi connectivity index (χ4n) is 3.95. The Hall–Kier alpha value is -3.35. The predicted molar refractivity (Wildman–Crippen MR) is 121 cm³/mol. The third kappa shape index (κ3) is 4.71. The van der Waals surface area contributed by atoms with Crippen LogP contribution in [0, 0.1) is 6.92 Å². The van der Waals surface area contributed by atoms with Gasteiger partial charge in [-0.1, -0.05) is 16.4 Å². The minimum atomic E-state index is 0.532. The van der Waals surface area contributed by atoms with Crippen LogP contribution in [0.4, 0.5) is 0 Å². The van der Waals surface area contributed by atoms with Crippen LogP contribution in [-0.2, 0) is 22.5 Å². The van der Waals surface area contributed by atoms with E-state index in [-0.39, 0.29) is 0 Å². The maximum absolute atomic E-state index is 5.68. The lowest BCUT2D eigenvalue weighted by Gasteiger charge is -2.20. The Labute approximate surface area is 182 Å². The van der Waals surface area contributed by atoms with Crippen molar-refractivity contribution in [1.29, 1.82) is 0 Å². The van der Waals surface area contributed by atoms with Crippen LogP contribution in [0.3, 0.4) is 0 Å². The van der Waals surface area contributed by atoms with E-state index >= 15 is 0 Å². The summed E-state index contributed by atoms with van der Waals surface area (Å²) < 4.78 is 0. The predicted octanol–water partition coefficient (Wildman–Crippen LogP) is 4.39. The third-order valence-electron chi connectivity index (χ3n) is 5.54. The summed E-state index contributed by atoms with van der Waals surface area (Å²) in [5.74, 6) is 0. The number of hydrogen-bond acceptors (Lipinski definition) is 7. The van der Waals surface area contributed by atoms with Gasteiger partial charge in [-0.3, -0.25) is 9.97 Å². The Bertz CT molecular complexity index is 1140. The molecule has 0 unspecified atom stereocenters. The van der Waals surface area contributed by atoms with Gasteiger partial charge in [-0.05, 0) is 75.3 Å². The topological polar surface area (TPSA) is 81.9 Å². The largest absolute Gasteiger partial charge is 0.399 e. The van der Waals surface area contributed by atoms with E-state index in [0.29, 0.717) is 6.61 Å².